The minimum Gasteiger partial charge on any atom is -0.488 e. The number of halogens is 1. The highest BCUT2D eigenvalue weighted by molar-refractivity contribution is 6.32. The molecule has 0 saturated carbocycles. The van der Waals surface area contributed by atoms with Gasteiger partial charge in [0.1, 0.15) is 36.1 Å². The van der Waals surface area contributed by atoms with Crippen molar-refractivity contribution in [1.29, 1.82) is 5.26 Å². The molecule has 0 unspecified atom stereocenters. The van der Waals surface area contributed by atoms with Crippen LogP contribution in [-0.4, -0.2) is 29.3 Å². The van der Waals surface area contributed by atoms with Crippen LogP contribution in [0, 0.1) is 11.3 Å². The number of carbonyl (C=O) groups excluding carboxylic acids is 1. The summed E-state index contributed by atoms with van der Waals surface area (Å²) < 4.78 is 12.6. The number of aromatic nitrogens is 1. The van der Waals surface area contributed by atoms with Crippen LogP contribution in [0.2, 0.25) is 5.02 Å². The van der Waals surface area contributed by atoms with E-state index in [1.165, 1.54) is 17.3 Å². The number of aryl methyl sites for hydroxylation is 1. The standard InChI is InChI=1S/C29H30ClN3O3/c1-20(34)6-5-11-33(2)18-24-13-26(30)29(36-27-10-9-23-7-3-4-8-25(23)27)14-28(24)35-19-22-12-21(15-31)16-32-17-22/h3-4,7-8,12-14,16-17,27H,5-6,9-11,18-19H2,1-2H3/t27-/m0/s1. The molecular weight excluding hydrogens is 474 g/mol. The van der Waals surface area contributed by atoms with E-state index in [1.54, 1.807) is 19.2 Å². The van der Waals surface area contributed by atoms with Gasteiger partial charge in [0.25, 0.3) is 0 Å². The SMILES string of the molecule is CC(=O)CCCN(C)Cc1cc(Cl)c(O[C@H]2CCc3ccccc32)cc1OCc1cncc(C#N)c1. The zero-order valence-corrected chi connectivity index (χ0v) is 21.4. The van der Waals surface area contributed by atoms with E-state index >= 15 is 0 Å². The molecule has 186 valence electrons. The third kappa shape index (κ3) is 6.63. The van der Waals surface area contributed by atoms with Crippen molar-refractivity contribution >= 4 is 17.4 Å². The Labute approximate surface area is 217 Å². The monoisotopic (exact) mass is 503 g/mol. The van der Waals surface area contributed by atoms with Gasteiger partial charge in [0.2, 0.25) is 0 Å². The lowest BCUT2D eigenvalue weighted by Crippen LogP contribution is -2.20. The molecule has 0 fully saturated rings. The first kappa shape index (κ1) is 25.7. The van der Waals surface area contributed by atoms with Gasteiger partial charge in [-0.15, -0.1) is 0 Å². The number of pyridine rings is 1. The van der Waals surface area contributed by atoms with Gasteiger partial charge >= 0.3 is 0 Å². The fourth-order valence-electron chi connectivity index (χ4n) is 4.47. The predicted octanol–water partition coefficient (Wildman–Crippen LogP) is 6.05. The van der Waals surface area contributed by atoms with Crippen molar-refractivity contribution in [2.75, 3.05) is 13.6 Å². The molecule has 0 spiro atoms. The van der Waals surface area contributed by atoms with Gasteiger partial charge in [-0.05, 0) is 63.0 Å². The molecule has 0 bridgehead atoms. The summed E-state index contributed by atoms with van der Waals surface area (Å²) >= 11 is 6.70. The Morgan fingerprint density at radius 1 is 1.22 bits per heavy atom. The van der Waals surface area contributed by atoms with E-state index in [0.29, 0.717) is 35.1 Å². The summed E-state index contributed by atoms with van der Waals surface area (Å²) in [5, 5.41) is 9.71. The predicted molar refractivity (Wildman–Crippen MR) is 139 cm³/mol. The summed E-state index contributed by atoms with van der Waals surface area (Å²) in [6.07, 6.45) is 6.40. The van der Waals surface area contributed by atoms with E-state index in [1.807, 2.05) is 25.2 Å². The molecular formula is C29H30ClN3O3. The largest absolute Gasteiger partial charge is 0.488 e. The number of hydrogen-bond donors (Lipinski definition) is 0. The molecule has 0 N–H and O–H groups in total. The normalized spacial score (nSPS) is 14.4. The molecule has 1 aromatic heterocycles. The van der Waals surface area contributed by atoms with Crippen LogP contribution >= 0.6 is 11.6 Å². The highest BCUT2D eigenvalue weighted by Gasteiger charge is 2.25. The second kappa shape index (κ2) is 12.0. The minimum atomic E-state index is -0.0526. The molecule has 0 radical (unpaired) electrons. The Morgan fingerprint density at radius 3 is 2.86 bits per heavy atom. The highest BCUT2D eigenvalue weighted by atomic mass is 35.5. The number of hydrogen-bond acceptors (Lipinski definition) is 6. The molecule has 36 heavy (non-hydrogen) atoms. The number of benzene rings is 2. The van der Waals surface area contributed by atoms with E-state index in [0.717, 1.165) is 36.9 Å². The molecule has 1 aliphatic carbocycles. The van der Waals surface area contributed by atoms with Crippen molar-refractivity contribution in [3.8, 4) is 17.6 Å². The van der Waals surface area contributed by atoms with Gasteiger partial charge < -0.3 is 19.2 Å². The van der Waals surface area contributed by atoms with Crippen molar-refractivity contribution < 1.29 is 14.3 Å². The van der Waals surface area contributed by atoms with Crippen LogP contribution in [0.4, 0.5) is 0 Å². The number of nitrogens with zero attached hydrogens (tertiary/aromatic N) is 3. The van der Waals surface area contributed by atoms with Crippen LogP contribution < -0.4 is 9.47 Å². The molecule has 1 aliphatic rings. The Kier molecular flexibility index (Phi) is 8.58. The Bertz CT molecular complexity index is 1270. The highest BCUT2D eigenvalue weighted by Crippen LogP contribution is 2.40. The van der Waals surface area contributed by atoms with Gasteiger partial charge in [0.05, 0.1) is 10.6 Å². The molecule has 0 amide bonds. The molecule has 6 nitrogen and oxygen atoms in total. The molecule has 1 heterocycles. The fraction of sp³-hybridized carbons (Fsp3) is 0.345. The van der Waals surface area contributed by atoms with Crippen LogP contribution in [0.1, 0.15) is 60.1 Å². The Morgan fingerprint density at radius 2 is 2.06 bits per heavy atom. The summed E-state index contributed by atoms with van der Waals surface area (Å²) in [4.78, 5) is 17.6. The third-order valence-corrected chi connectivity index (χ3v) is 6.58. The first-order valence-electron chi connectivity index (χ1n) is 12.1. The molecule has 0 saturated heterocycles. The average Bonchev–Trinajstić information content (AvgIpc) is 3.27. The van der Waals surface area contributed by atoms with Gasteiger partial charge in [-0.2, -0.15) is 5.26 Å². The summed E-state index contributed by atoms with van der Waals surface area (Å²) in [7, 11) is 2.01. The first-order chi connectivity index (χ1) is 17.4. The molecule has 4 rings (SSSR count). The van der Waals surface area contributed by atoms with Crippen molar-refractivity contribution in [1.82, 2.24) is 9.88 Å². The number of carbonyl (C=O) groups is 1. The number of ether oxygens (including phenoxy) is 2. The zero-order valence-electron chi connectivity index (χ0n) is 20.7. The maximum atomic E-state index is 11.3. The van der Waals surface area contributed by atoms with Crippen LogP contribution in [0.3, 0.4) is 0 Å². The number of rotatable bonds is 11. The number of nitriles is 1. The van der Waals surface area contributed by atoms with E-state index in [4.69, 9.17) is 21.1 Å². The van der Waals surface area contributed by atoms with Crippen LogP contribution in [0.15, 0.2) is 54.9 Å². The van der Waals surface area contributed by atoms with Gasteiger partial charge in [-0.3, -0.25) is 4.98 Å². The second-order valence-electron chi connectivity index (χ2n) is 9.26. The smallest absolute Gasteiger partial charge is 0.142 e. The number of fused-ring (bicyclic) bond motifs is 1. The van der Waals surface area contributed by atoms with Crippen LogP contribution in [0.25, 0.3) is 0 Å². The van der Waals surface area contributed by atoms with Gasteiger partial charge in [-0.1, -0.05) is 35.9 Å². The molecule has 3 aromatic rings. The average molecular weight is 504 g/mol. The van der Waals surface area contributed by atoms with Gasteiger partial charge in [-0.25, -0.2) is 0 Å². The summed E-state index contributed by atoms with van der Waals surface area (Å²) in [5.74, 6) is 1.44. The Balaban J connectivity index is 1.55. The topological polar surface area (TPSA) is 75.5 Å². The lowest BCUT2D eigenvalue weighted by molar-refractivity contribution is -0.117. The van der Waals surface area contributed by atoms with Gasteiger partial charge in [0.15, 0.2) is 0 Å². The fourth-order valence-corrected chi connectivity index (χ4v) is 4.71. The second-order valence-corrected chi connectivity index (χ2v) is 9.67. The maximum Gasteiger partial charge on any atom is 0.142 e. The lowest BCUT2D eigenvalue weighted by Gasteiger charge is -2.22. The Hall–Kier alpha value is -3.40. The molecule has 0 aliphatic heterocycles. The minimum absolute atomic E-state index is 0.0526. The van der Waals surface area contributed by atoms with E-state index in [-0.39, 0.29) is 18.5 Å². The maximum absolute atomic E-state index is 11.3. The number of Topliss-reactive ketones (excluding diaryl/α,β-unsaturated/α-hetero) is 1. The summed E-state index contributed by atoms with van der Waals surface area (Å²) in [5.41, 5.74) is 4.72. The third-order valence-electron chi connectivity index (χ3n) is 6.29. The first-order valence-corrected chi connectivity index (χ1v) is 12.5. The molecule has 1 atom stereocenters. The van der Waals surface area contributed by atoms with E-state index < -0.39 is 0 Å². The van der Waals surface area contributed by atoms with Gasteiger partial charge in [0, 0.05) is 42.6 Å². The van der Waals surface area contributed by atoms with Crippen molar-refractivity contribution in [3.63, 3.8) is 0 Å². The molecule has 2 aromatic carbocycles. The van der Waals surface area contributed by atoms with Crippen molar-refractivity contribution in [3.05, 3.63) is 87.7 Å². The van der Waals surface area contributed by atoms with E-state index in [9.17, 15) is 10.1 Å². The van der Waals surface area contributed by atoms with Crippen LogP contribution in [0.5, 0.6) is 11.5 Å². The molecule has 7 heteroatoms. The quantitative estimate of drug-likeness (QED) is 0.317. The summed E-state index contributed by atoms with van der Waals surface area (Å²) in [6.45, 7) is 3.26. The zero-order chi connectivity index (χ0) is 25.5. The van der Waals surface area contributed by atoms with Crippen LogP contribution in [-0.2, 0) is 24.4 Å². The number of ketones is 1. The lowest BCUT2D eigenvalue weighted by atomic mass is 10.1. The summed E-state index contributed by atoms with van der Waals surface area (Å²) in [6, 6.07) is 16.0. The van der Waals surface area contributed by atoms with Crippen molar-refractivity contribution in [2.24, 2.45) is 0 Å². The van der Waals surface area contributed by atoms with E-state index in [2.05, 4.69) is 34.2 Å². The van der Waals surface area contributed by atoms with Crippen molar-refractivity contribution in [2.45, 2.75) is 51.9 Å².